The second kappa shape index (κ2) is 22.6. The molecule has 308 valence electrons. The number of carbonyl (C=O) groups is 5. The quantitative estimate of drug-likeness (QED) is 0.0837. The van der Waals surface area contributed by atoms with Crippen molar-refractivity contribution in [3.05, 3.63) is 71.8 Å². The number of hydrogen-bond donors (Lipinski definition) is 4. The third-order valence-electron chi connectivity index (χ3n) is 10.7. The lowest BCUT2D eigenvalue weighted by molar-refractivity contribution is -0.135. The Morgan fingerprint density at radius 1 is 0.661 bits per heavy atom. The summed E-state index contributed by atoms with van der Waals surface area (Å²) in [7, 11) is 0. The Balaban J connectivity index is 1.45. The van der Waals surface area contributed by atoms with E-state index in [0.717, 1.165) is 50.0 Å². The normalized spacial score (nSPS) is 19.1. The van der Waals surface area contributed by atoms with Gasteiger partial charge in [-0.3, -0.25) is 24.0 Å². The Morgan fingerprint density at radius 2 is 1.20 bits per heavy atom. The van der Waals surface area contributed by atoms with Crippen molar-refractivity contribution in [2.24, 2.45) is 11.8 Å². The van der Waals surface area contributed by atoms with Gasteiger partial charge in [0.25, 0.3) is 0 Å². The van der Waals surface area contributed by atoms with Gasteiger partial charge in [0, 0.05) is 12.8 Å². The number of ether oxygens (including phenoxy) is 1. The van der Waals surface area contributed by atoms with E-state index in [1.54, 1.807) is 6.92 Å². The molecule has 4 amide bonds. The highest BCUT2D eigenvalue weighted by atomic mass is 16.6. The number of carbonyl (C=O) groups excluding carboxylic acids is 5. The topological polar surface area (TPSA) is 149 Å². The average Bonchev–Trinajstić information content (AvgIpc) is 3.94. The molecule has 0 bridgehead atoms. The van der Waals surface area contributed by atoms with E-state index in [1.807, 2.05) is 88.4 Å². The van der Waals surface area contributed by atoms with E-state index in [4.69, 9.17) is 4.74 Å². The molecule has 0 saturated carbocycles. The lowest BCUT2D eigenvalue weighted by atomic mass is 9.93. The van der Waals surface area contributed by atoms with E-state index < -0.39 is 47.5 Å². The first-order valence-electron chi connectivity index (χ1n) is 21.0. The number of Topliss-reactive ketones (excluding diaryl/α,β-unsaturated/α-hetero) is 1. The molecule has 4 N–H and O–H groups in total. The molecule has 2 aromatic carbocycles. The van der Waals surface area contributed by atoms with Crippen molar-refractivity contribution in [3.8, 4) is 0 Å². The summed E-state index contributed by atoms with van der Waals surface area (Å²) >= 11 is 0. The highest BCUT2D eigenvalue weighted by Gasteiger charge is 2.50. The first kappa shape index (κ1) is 44.6. The van der Waals surface area contributed by atoms with Crippen molar-refractivity contribution < 1.29 is 28.7 Å². The van der Waals surface area contributed by atoms with Gasteiger partial charge in [0.15, 0.2) is 5.78 Å². The highest BCUT2D eigenvalue weighted by Crippen LogP contribution is 2.29. The number of nitrogens with one attached hydrogen (secondary N) is 4. The number of aryl methyl sites for hydroxylation is 1. The molecule has 2 aliphatic heterocycles. The van der Waals surface area contributed by atoms with Crippen LogP contribution in [0.2, 0.25) is 0 Å². The summed E-state index contributed by atoms with van der Waals surface area (Å²) in [5, 5.41) is 11.8. The van der Waals surface area contributed by atoms with Gasteiger partial charge in [-0.1, -0.05) is 101 Å². The Labute approximate surface area is 334 Å². The van der Waals surface area contributed by atoms with Crippen LogP contribution in [0.1, 0.15) is 110 Å². The van der Waals surface area contributed by atoms with Crippen LogP contribution in [-0.2, 0) is 41.6 Å². The van der Waals surface area contributed by atoms with E-state index >= 15 is 0 Å². The number of likely N-dealkylation sites (tertiary alicyclic amines) is 1. The molecular weight excluding hydrogens is 707 g/mol. The number of ketones is 1. The van der Waals surface area contributed by atoms with Crippen LogP contribution in [0, 0.1) is 11.8 Å². The molecule has 0 spiro atoms. The van der Waals surface area contributed by atoms with Crippen molar-refractivity contribution in [1.82, 2.24) is 26.2 Å². The summed E-state index contributed by atoms with van der Waals surface area (Å²) < 4.78 is 5.42. The molecule has 11 heteroatoms. The van der Waals surface area contributed by atoms with Crippen LogP contribution in [0.15, 0.2) is 60.7 Å². The van der Waals surface area contributed by atoms with Crippen LogP contribution in [0.4, 0.5) is 0 Å². The Morgan fingerprint density at radius 3 is 1.80 bits per heavy atom. The minimum absolute atomic E-state index is 0.0297. The standard InChI is InChI=1S/C45H67N5O6/c1-32(2)28-37(41(52)45(5)31-56-45)47-44(55)39(30-35-20-12-7-13-21-35)49-43(54)38(29-33(3)4)48-42(53)36(24-23-34-18-10-6-11-19-34)46-40(51)22-14-8-15-25-50-26-16-9-17-27-50/h6-7,10-13,18-21,32-33,36-39H,8-9,14-17,22-31H2,1-5H3,(H,46,51)(H,47,55)(H,48,53)(H,49,54)/t36-,37?,38?,39-,45+/m0/s1. The van der Waals surface area contributed by atoms with E-state index in [1.165, 1.54) is 19.3 Å². The molecule has 0 radical (unpaired) electrons. The third kappa shape index (κ3) is 15.4. The number of piperidine rings is 1. The van der Waals surface area contributed by atoms with Crippen molar-refractivity contribution in [1.29, 1.82) is 0 Å². The molecule has 2 aromatic rings. The zero-order chi connectivity index (χ0) is 40.5. The first-order valence-corrected chi connectivity index (χ1v) is 21.0. The largest absolute Gasteiger partial charge is 0.361 e. The molecule has 2 fully saturated rings. The molecule has 2 saturated heterocycles. The van der Waals surface area contributed by atoms with E-state index in [2.05, 4.69) is 26.2 Å². The summed E-state index contributed by atoms with van der Waals surface area (Å²) in [5.41, 5.74) is 0.952. The van der Waals surface area contributed by atoms with Gasteiger partial charge in [0.05, 0.1) is 12.6 Å². The second-order valence-electron chi connectivity index (χ2n) is 16.9. The third-order valence-corrected chi connectivity index (χ3v) is 10.7. The van der Waals surface area contributed by atoms with Gasteiger partial charge in [-0.05, 0) is 101 Å². The number of rotatable bonds is 24. The summed E-state index contributed by atoms with van der Waals surface area (Å²) in [4.78, 5) is 71.3. The number of benzene rings is 2. The fraction of sp³-hybridized carbons (Fsp3) is 0.622. The average molecular weight is 774 g/mol. The fourth-order valence-electron chi connectivity index (χ4n) is 7.37. The van der Waals surface area contributed by atoms with Crippen LogP contribution < -0.4 is 21.3 Å². The van der Waals surface area contributed by atoms with Crippen molar-refractivity contribution >= 4 is 29.4 Å². The number of amides is 4. The molecule has 11 nitrogen and oxygen atoms in total. The fourth-order valence-corrected chi connectivity index (χ4v) is 7.37. The minimum atomic E-state index is -1.02. The van der Waals surface area contributed by atoms with Gasteiger partial charge < -0.3 is 30.9 Å². The molecule has 2 heterocycles. The predicted molar refractivity (Wildman–Crippen MR) is 220 cm³/mol. The number of epoxide rings is 1. The lowest BCUT2D eigenvalue weighted by Gasteiger charge is -2.28. The molecular formula is C45H67N5O6. The Hall–Kier alpha value is -4.09. The van der Waals surface area contributed by atoms with Gasteiger partial charge in [0.1, 0.15) is 23.7 Å². The van der Waals surface area contributed by atoms with Crippen molar-refractivity contribution in [3.63, 3.8) is 0 Å². The van der Waals surface area contributed by atoms with E-state index in [9.17, 15) is 24.0 Å². The van der Waals surface area contributed by atoms with Gasteiger partial charge in [-0.25, -0.2) is 0 Å². The second-order valence-corrected chi connectivity index (χ2v) is 16.9. The summed E-state index contributed by atoms with van der Waals surface area (Å²) in [6.45, 7) is 13.3. The minimum Gasteiger partial charge on any atom is -0.361 e. The van der Waals surface area contributed by atoms with Crippen LogP contribution in [0.3, 0.4) is 0 Å². The zero-order valence-corrected chi connectivity index (χ0v) is 34.4. The van der Waals surface area contributed by atoms with Crippen molar-refractivity contribution in [2.75, 3.05) is 26.2 Å². The zero-order valence-electron chi connectivity index (χ0n) is 34.4. The van der Waals surface area contributed by atoms with Crippen molar-refractivity contribution in [2.45, 2.75) is 141 Å². The Kier molecular flexibility index (Phi) is 18.0. The maximum atomic E-state index is 14.1. The molecule has 0 aliphatic carbocycles. The van der Waals surface area contributed by atoms with Crippen LogP contribution in [0.5, 0.6) is 0 Å². The molecule has 2 aliphatic rings. The monoisotopic (exact) mass is 774 g/mol. The molecule has 4 rings (SSSR count). The maximum Gasteiger partial charge on any atom is 0.243 e. The smallest absolute Gasteiger partial charge is 0.243 e. The lowest BCUT2D eigenvalue weighted by Crippen LogP contribution is -2.59. The van der Waals surface area contributed by atoms with Gasteiger partial charge in [-0.15, -0.1) is 0 Å². The summed E-state index contributed by atoms with van der Waals surface area (Å²) in [6.07, 6.45) is 8.74. The predicted octanol–water partition coefficient (Wildman–Crippen LogP) is 5.30. The van der Waals surface area contributed by atoms with E-state index in [-0.39, 0.29) is 29.9 Å². The number of unbranched alkanes of at least 4 members (excludes halogenated alkanes) is 2. The van der Waals surface area contributed by atoms with Gasteiger partial charge in [-0.2, -0.15) is 0 Å². The number of hydrogen-bond acceptors (Lipinski definition) is 7. The number of nitrogens with zero attached hydrogens (tertiary/aromatic N) is 1. The summed E-state index contributed by atoms with van der Waals surface area (Å²) in [5.74, 6) is -1.64. The summed E-state index contributed by atoms with van der Waals surface area (Å²) in [6, 6.07) is 15.6. The van der Waals surface area contributed by atoms with Gasteiger partial charge >= 0.3 is 0 Å². The van der Waals surface area contributed by atoms with Crippen LogP contribution in [-0.4, -0.2) is 90.3 Å². The van der Waals surface area contributed by atoms with E-state index in [0.29, 0.717) is 38.7 Å². The van der Waals surface area contributed by atoms with Gasteiger partial charge in [0.2, 0.25) is 23.6 Å². The maximum absolute atomic E-state index is 14.1. The molecule has 2 unspecified atom stereocenters. The van der Waals surface area contributed by atoms with Crippen LogP contribution >= 0.6 is 0 Å². The SMILES string of the molecule is CC(C)CC(NC(=O)[C@H](CCc1ccccc1)NC(=O)CCCCCN1CCCCC1)C(=O)N[C@@H](Cc1ccccc1)C(=O)NC(CC(C)C)C(=O)[C@@]1(C)CO1. The molecule has 56 heavy (non-hydrogen) atoms. The molecule has 0 aromatic heterocycles. The van der Waals surface area contributed by atoms with Crippen LogP contribution in [0.25, 0.3) is 0 Å². The first-order chi connectivity index (χ1) is 26.8. The molecule has 5 atom stereocenters. The highest BCUT2D eigenvalue weighted by molar-refractivity contribution is 5.98. The Bertz CT molecular complexity index is 1540.